The third-order valence-corrected chi connectivity index (χ3v) is 2.71. The molecule has 2 rings (SSSR count). The van der Waals surface area contributed by atoms with E-state index in [1.54, 1.807) is 0 Å². The Morgan fingerprint density at radius 3 is 2.62 bits per heavy atom. The van der Waals surface area contributed by atoms with Crippen LogP contribution in [0.2, 0.25) is 5.28 Å². The van der Waals surface area contributed by atoms with Gasteiger partial charge in [0.15, 0.2) is 0 Å². The zero-order valence-corrected chi connectivity index (χ0v) is 13.0. The second-order valence-corrected chi connectivity index (χ2v) is 4.85. The zero-order chi connectivity index (χ0) is 15.2. The van der Waals surface area contributed by atoms with E-state index in [2.05, 4.69) is 15.0 Å². The number of rotatable bonds is 6. The first-order valence-corrected chi connectivity index (χ1v) is 6.96. The van der Waals surface area contributed by atoms with Crippen molar-refractivity contribution in [1.82, 2.24) is 15.0 Å². The van der Waals surface area contributed by atoms with Crippen LogP contribution >= 0.6 is 11.6 Å². The highest BCUT2D eigenvalue weighted by Crippen LogP contribution is 2.24. The van der Waals surface area contributed by atoms with Gasteiger partial charge in [0.25, 0.3) is 0 Å². The van der Waals surface area contributed by atoms with Crippen LogP contribution in [0.25, 0.3) is 0 Å². The fraction of sp³-hybridized carbons (Fsp3) is 0.357. The van der Waals surface area contributed by atoms with Gasteiger partial charge in [0.1, 0.15) is 5.75 Å². The van der Waals surface area contributed by atoms with Crippen LogP contribution in [-0.2, 0) is 0 Å². The van der Waals surface area contributed by atoms with Crippen molar-refractivity contribution in [3.8, 4) is 17.8 Å². The molecular weight excluding hydrogens is 292 g/mol. The van der Waals surface area contributed by atoms with Crippen LogP contribution in [0, 0.1) is 0 Å². The minimum atomic E-state index is 0.0369. The molecule has 2 aromatic rings. The number of ether oxygens (including phenoxy) is 2. The minimum Gasteiger partial charge on any atom is -0.463 e. The monoisotopic (exact) mass is 308 g/mol. The summed E-state index contributed by atoms with van der Waals surface area (Å²) in [7, 11) is 3.91. The van der Waals surface area contributed by atoms with Gasteiger partial charge < -0.3 is 14.4 Å². The summed E-state index contributed by atoms with van der Waals surface area (Å²) in [6.07, 6.45) is 0.852. The predicted molar refractivity (Wildman–Crippen MR) is 81.5 cm³/mol. The molecule has 1 aromatic carbocycles. The average molecular weight is 309 g/mol. The van der Waals surface area contributed by atoms with E-state index in [0.29, 0.717) is 12.4 Å². The summed E-state index contributed by atoms with van der Waals surface area (Å²) in [6.45, 7) is 2.50. The number of hydrogen-bond acceptors (Lipinski definition) is 6. The predicted octanol–water partition coefficient (Wildman–Crippen LogP) is 3.17. The molecule has 7 heteroatoms. The Morgan fingerprint density at radius 2 is 1.90 bits per heavy atom. The maximum atomic E-state index is 5.85. The summed E-state index contributed by atoms with van der Waals surface area (Å²) < 4.78 is 11.0. The number of anilines is 1. The first kappa shape index (κ1) is 15.3. The molecule has 0 aliphatic rings. The van der Waals surface area contributed by atoms with E-state index in [1.807, 2.05) is 50.2 Å². The van der Waals surface area contributed by atoms with Crippen molar-refractivity contribution < 1.29 is 9.47 Å². The molecule has 0 unspecified atom stereocenters. The summed E-state index contributed by atoms with van der Waals surface area (Å²) in [5.41, 5.74) is 1.01. The molecule has 0 fully saturated rings. The molecule has 0 bridgehead atoms. The second kappa shape index (κ2) is 7.08. The number of aromatic nitrogens is 3. The molecule has 112 valence electrons. The van der Waals surface area contributed by atoms with E-state index in [0.717, 1.165) is 12.1 Å². The van der Waals surface area contributed by atoms with E-state index < -0.39 is 0 Å². The number of benzene rings is 1. The van der Waals surface area contributed by atoms with Crippen molar-refractivity contribution in [3.05, 3.63) is 29.5 Å². The van der Waals surface area contributed by atoms with E-state index in [-0.39, 0.29) is 17.3 Å². The topological polar surface area (TPSA) is 60.4 Å². The lowest BCUT2D eigenvalue weighted by molar-refractivity contribution is 0.284. The molecule has 0 saturated heterocycles. The number of nitrogens with zero attached hydrogens (tertiary/aromatic N) is 4. The van der Waals surface area contributed by atoms with Crippen molar-refractivity contribution in [2.45, 2.75) is 13.3 Å². The summed E-state index contributed by atoms with van der Waals surface area (Å²) in [4.78, 5) is 13.9. The SMILES string of the molecule is CCCOc1nc(Cl)nc(Oc2cccc(N(C)C)c2)n1. The molecule has 0 amide bonds. The van der Waals surface area contributed by atoms with Crippen LogP contribution < -0.4 is 14.4 Å². The second-order valence-electron chi connectivity index (χ2n) is 4.51. The lowest BCUT2D eigenvalue weighted by Gasteiger charge is -2.13. The van der Waals surface area contributed by atoms with Crippen LogP contribution in [-0.4, -0.2) is 35.7 Å². The Hall–Kier alpha value is -2.08. The van der Waals surface area contributed by atoms with Crippen molar-refractivity contribution >= 4 is 17.3 Å². The lowest BCUT2D eigenvalue weighted by Crippen LogP contribution is -2.08. The van der Waals surface area contributed by atoms with Gasteiger partial charge in [0.2, 0.25) is 5.28 Å². The van der Waals surface area contributed by atoms with Crippen LogP contribution in [0.5, 0.6) is 17.8 Å². The highest BCUT2D eigenvalue weighted by molar-refractivity contribution is 6.28. The Morgan fingerprint density at radius 1 is 1.14 bits per heavy atom. The molecule has 1 aromatic heterocycles. The summed E-state index contributed by atoms with van der Waals surface area (Å²) in [6, 6.07) is 7.83. The molecule has 21 heavy (non-hydrogen) atoms. The summed E-state index contributed by atoms with van der Waals surface area (Å²) in [5.74, 6) is 0.616. The van der Waals surface area contributed by atoms with Crippen LogP contribution in [0.3, 0.4) is 0 Å². The van der Waals surface area contributed by atoms with Gasteiger partial charge in [-0.05, 0) is 30.2 Å². The first-order chi connectivity index (χ1) is 10.1. The Bertz CT molecular complexity index is 607. The fourth-order valence-electron chi connectivity index (χ4n) is 1.55. The van der Waals surface area contributed by atoms with Crippen molar-refractivity contribution in [2.75, 3.05) is 25.6 Å². The third-order valence-electron chi connectivity index (χ3n) is 2.55. The average Bonchev–Trinajstić information content (AvgIpc) is 2.45. The van der Waals surface area contributed by atoms with Crippen LogP contribution in [0.15, 0.2) is 24.3 Å². The molecule has 0 atom stereocenters. The van der Waals surface area contributed by atoms with Crippen molar-refractivity contribution in [2.24, 2.45) is 0 Å². The fourth-order valence-corrected chi connectivity index (χ4v) is 1.69. The van der Waals surface area contributed by atoms with Gasteiger partial charge in [-0.25, -0.2) is 0 Å². The lowest BCUT2D eigenvalue weighted by atomic mass is 10.3. The van der Waals surface area contributed by atoms with Gasteiger partial charge in [-0.15, -0.1) is 4.98 Å². The molecule has 0 N–H and O–H groups in total. The van der Waals surface area contributed by atoms with Crippen molar-refractivity contribution in [3.63, 3.8) is 0 Å². The maximum Gasteiger partial charge on any atom is 0.329 e. The minimum absolute atomic E-state index is 0.0369. The van der Waals surface area contributed by atoms with Gasteiger partial charge in [-0.2, -0.15) is 9.97 Å². The highest BCUT2D eigenvalue weighted by atomic mass is 35.5. The van der Waals surface area contributed by atoms with Crippen LogP contribution in [0.4, 0.5) is 5.69 Å². The van der Waals surface area contributed by atoms with E-state index in [4.69, 9.17) is 21.1 Å². The molecule has 0 saturated carbocycles. The largest absolute Gasteiger partial charge is 0.463 e. The third kappa shape index (κ3) is 4.46. The van der Waals surface area contributed by atoms with Gasteiger partial charge in [-0.1, -0.05) is 13.0 Å². The van der Waals surface area contributed by atoms with Crippen LogP contribution in [0.1, 0.15) is 13.3 Å². The Labute approximate surface area is 128 Å². The van der Waals surface area contributed by atoms with Crippen molar-refractivity contribution in [1.29, 1.82) is 0 Å². The van der Waals surface area contributed by atoms with E-state index >= 15 is 0 Å². The van der Waals surface area contributed by atoms with Gasteiger partial charge in [-0.3, -0.25) is 0 Å². The molecular formula is C14H17ClN4O2. The number of halogens is 1. The Balaban J connectivity index is 2.18. The highest BCUT2D eigenvalue weighted by Gasteiger charge is 2.09. The normalized spacial score (nSPS) is 10.3. The molecule has 0 radical (unpaired) electrons. The zero-order valence-electron chi connectivity index (χ0n) is 12.2. The molecule has 6 nitrogen and oxygen atoms in total. The van der Waals surface area contributed by atoms with Gasteiger partial charge >= 0.3 is 12.0 Å². The maximum absolute atomic E-state index is 5.85. The molecule has 0 aliphatic carbocycles. The first-order valence-electron chi connectivity index (χ1n) is 6.58. The molecule has 1 heterocycles. The summed E-state index contributed by atoms with van der Waals surface area (Å²) in [5, 5.41) is 0.0369. The number of hydrogen-bond donors (Lipinski definition) is 0. The Kier molecular flexibility index (Phi) is 5.16. The smallest absolute Gasteiger partial charge is 0.329 e. The molecule has 0 spiro atoms. The summed E-state index contributed by atoms with van der Waals surface area (Å²) >= 11 is 5.85. The quantitative estimate of drug-likeness (QED) is 0.817. The molecule has 0 aliphatic heterocycles. The van der Waals surface area contributed by atoms with E-state index in [1.165, 1.54) is 0 Å². The van der Waals surface area contributed by atoms with E-state index in [9.17, 15) is 0 Å². The standard InChI is InChI=1S/C14H17ClN4O2/c1-4-8-20-13-16-12(15)17-14(18-13)21-11-7-5-6-10(9-11)19(2)3/h5-7,9H,4,8H2,1-3H3. The van der Waals surface area contributed by atoms with Gasteiger partial charge in [0, 0.05) is 25.8 Å². The van der Waals surface area contributed by atoms with Gasteiger partial charge in [0.05, 0.1) is 6.61 Å².